The first kappa shape index (κ1) is 11.6. The van der Waals surface area contributed by atoms with Gasteiger partial charge < -0.3 is 15.5 Å². The fourth-order valence-corrected chi connectivity index (χ4v) is 1.66. The van der Waals surface area contributed by atoms with Crippen LogP contribution in [0.3, 0.4) is 0 Å². The fourth-order valence-electron chi connectivity index (χ4n) is 1.66. The molecule has 4 N–H and O–H groups in total. The Morgan fingerprint density at radius 1 is 1.47 bits per heavy atom. The maximum Gasteiger partial charge on any atom is 0.417 e. The molecule has 1 aromatic carbocycles. The lowest BCUT2D eigenvalue weighted by atomic mass is 10.1. The summed E-state index contributed by atoms with van der Waals surface area (Å²) in [5, 5.41) is 3.26. The molecule has 2 rings (SSSR count). The van der Waals surface area contributed by atoms with Crippen LogP contribution in [0.15, 0.2) is 21.3 Å². The van der Waals surface area contributed by atoms with Crippen molar-refractivity contribution in [3.05, 3.63) is 22.7 Å². The Morgan fingerprint density at radius 2 is 2.24 bits per heavy atom. The molecule has 1 aromatic heterocycles. The van der Waals surface area contributed by atoms with E-state index in [2.05, 4.69) is 24.1 Å². The van der Waals surface area contributed by atoms with Gasteiger partial charge in [0, 0.05) is 12.6 Å². The van der Waals surface area contributed by atoms with Gasteiger partial charge in [0.2, 0.25) is 0 Å². The normalized spacial score (nSPS) is 11.2. The van der Waals surface area contributed by atoms with Crippen LogP contribution >= 0.6 is 0 Å². The molecule has 2 aromatic rings. The van der Waals surface area contributed by atoms with Gasteiger partial charge in [-0.05, 0) is 18.4 Å². The van der Waals surface area contributed by atoms with Gasteiger partial charge in [-0.3, -0.25) is 4.98 Å². The minimum absolute atomic E-state index is 0.460. The molecule has 92 valence electrons. The van der Waals surface area contributed by atoms with E-state index in [1.54, 1.807) is 12.1 Å². The van der Waals surface area contributed by atoms with Crippen LogP contribution in [0.2, 0.25) is 0 Å². The number of benzene rings is 1. The molecule has 0 aliphatic rings. The van der Waals surface area contributed by atoms with Crippen LogP contribution in [0.25, 0.3) is 11.1 Å². The summed E-state index contributed by atoms with van der Waals surface area (Å²) >= 11 is 0. The van der Waals surface area contributed by atoms with Gasteiger partial charge >= 0.3 is 5.76 Å². The molecule has 0 fully saturated rings. The SMILES string of the molecule is CC(C)CCNc1cc2[nH]c(=O)oc2cc1N. The number of nitrogens with one attached hydrogen (secondary N) is 2. The van der Waals surface area contributed by atoms with Gasteiger partial charge in [0.25, 0.3) is 0 Å². The Morgan fingerprint density at radius 3 is 2.94 bits per heavy atom. The summed E-state index contributed by atoms with van der Waals surface area (Å²) in [7, 11) is 0. The van der Waals surface area contributed by atoms with E-state index in [0.29, 0.717) is 22.7 Å². The van der Waals surface area contributed by atoms with E-state index in [1.807, 2.05) is 0 Å². The molecule has 0 spiro atoms. The molecule has 0 saturated heterocycles. The van der Waals surface area contributed by atoms with E-state index >= 15 is 0 Å². The highest BCUT2D eigenvalue weighted by atomic mass is 16.4. The highest BCUT2D eigenvalue weighted by molar-refractivity contribution is 5.85. The number of nitrogen functional groups attached to an aromatic ring is 1. The lowest BCUT2D eigenvalue weighted by molar-refractivity contribution is 0.555. The Balaban J connectivity index is 2.21. The van der Waals surface area contributed by atoms with Crippen molar-refractivity contribution < 1.29 is 4.42 Å². The average molecular weight is 235 g/mol. The Labute approximate surface area is 99.0 Å². The van der Waals surface area contributed by atoms with Crippen molar-refractivity contribution in [2.75, 3.05) is 17.6 Å². The summed E-state index contributed by atoms with van der Waals surface area (Å²) in [4.78, 5) is 13.6. The molecular weight excluding hydrogens is 218 g/mol. The predicted molar refractivity (Wildman–Crippen MR) is 69.2 cm³/mol. The molecule has 0 radical (unpaired) electrons. The van der Waals surface area contributed by atoms with Crippen LogP contribution in [-0.2, 0) is 0 Å². The van der Waals surface area contributed by atoms with Crippen LogP contribution < -0.4 is 16.8 Å². The number of rotatable bonds is 4. The average Bonchev–Trinajstić information content (AvgIpc) is 2.57. The second kappa shape index (κ2) is 4.53. The maximum atomic E-state index is 11.0. The third-order valence-corrected chi connectivity index (χ3v) is 2.63. The Hall–Kier alpha value is -1.91. The molecular formula is C12H17N3O2. The summed E-state index contributed by atoms with van der Waals surface area (Å²) in [5.41, 5.74) is 8.44. The van der Waals surface area contributed by atoms with Crippen molar-refractivity contribution in [1.29, 1.82) is 0 Å². The second-order valence-electron chi connectivity index (χ2n) is 4.56. The number of fused-ring (bicyclic) bond motifs is 1. The second-order valence-corrected chi connectivity index (χ2v) is 4.56. The van der Waals surface area contributed by atoms with E-state index in [-0.39, 0.29) is 0 Å². The number of anilines is 2. The first-order valence-electron chi connectivity index (χ1n) is 5.72. The Bertz CT molecular complexity index is 569. The molecule has 17 heavy (non-hydrogen) atoms. The highest BCUT2D eigenvalue weighted by Crippen LogP contribution is 2.24. The maximum absolute atomic E-state index is 11.0. The molecule has 0 unspecified atom stereocenters. The minimum Gasteiger partial charge on any atom is -0.408 e. The molecule has 0 bridgehead atoms. The van der Waals surface area contributed by atoms with Crippen LogP contribution in [0.5, 0.6) is 0 Å². The van der Waals surface area contributed by atoms with E-state index in [1.165, 1.54) is 0 Å². The summed E-state index contributed by atoms with van der Waals surface area (Å²) in [6.07, 6.45) is 1.07. The monoisotopic (exact) mass is 235 g/mol. The van der Waals surface area contributed by atoms with E-state index in [4.69, 9.17) is 10.2 Å². The van der Waals surface area contributed by atoms with Gasteiger partial charge in [-0.15, -0.1) is 0 Å². The minimum atomic E-state index is -0.460. The van der Waals surface area contributed by atoms with Crippen molar-refractivity contribution in [2.24, 2.45) is 5.92 Å². The Kier molecular flexibility index (Phi) is 3.08. The number of aromatic amines is 1. The van der Waals surface area contributed by atoms with Gasteiger partial charge in [0.15, 0.2) is 5.58 Å². The van der Waals surface area contributed by atoms with Crippen LogP contribution in [0, 0.1) is 5.92 Å². The molecule has 0 amide bonds. The van der Waals surface area contributed by atoms with E-state index in [9.17, 15) is 4.79 Å². The lowest BCUT2D eigenvalue weighted by Crippen LogP contribution is -2.06. The summed E-state index contributed by atoms with van der Waals surface area (Å²) in [6.45, 7) is 5.19. The lowest BCUT2D eigenvalue weighted by Gasteiger charge is -2.10. The van der Waals surface area contributed by atoms with E-state index in [0.717, 1.165) is 18.7 Å². The predicted octanol–water partition coefficient (Wildman–Crippen LogP) is 2.16. The zero-order chi connectivity index (χ0) is 12.4. The van der Waals surface area contributed by atoms with Crippen molar-refractivity contribution >= 4 is 22.5 Å². The highest BCUT2D eigenvalue weighted by Gasteiger charge is 2.06. The van der Waals surface area contributed by atoms with Gasteiger partial charge in [0.1, 0.15) is 0 Å². The van der Waals surface area contributed by atoms with Crippen LogP contribution in [0.1, 0.15) is 20.3 Å². The topological polar surface area (TPSA) is 84.0 Å². The number of H-pyrrole nitrogens is 1. The molecule has 0 saturated carbocycles. The van der Waals surface area contributed by atoms with Crippen LogP contribution in [0.4, 0.5) is 11.4 Å². The fraction of sp³-hybridized carbons (Fsp3) is 0.417. The molecule has 0 atom stereocenters. The first-order valence-corrected chi connectivity index (χ1v) is 5.72. The summed E-state index contributed by atoms with van der Waals surface area (Å²) in [6, 6.07) is 3.46. The van der Waals surface area contributed by atoms with Crippen molar-refractivity contribution in [2.45, 2.75) is 20.3 Å². The van der Waals surface area contributed by atoms with Crippen molar-refractivity contribution in [1.82, 2.24) is 4.98 Å². The first-order chi connectivity index (χ1) is 8.06. The van der Waals surface area contributed by atoms with Gasteiger partial charge in [-0.25, -0.2) is 4.79 Å². The molecule has 5 nitrogen and oxygen atoms in total. The van der Waals surface area contributed by atoms with Crippen molar-refractivity contribution in [3.8, 4) is 0 Å². The molecule has 1 heterocycles. The third kappa shape index (κ3) is 2.61. The number of oxazole rings is 1. The standard InChI is InChI=1S/C12H17N3O2/c1-7(2)3-4-14-9-6-10-11(5-8(9)13)17-12(16)15-10/h5-7,14H,3-4,13H2,1-2H3,(H,15,16). The van der Waals surface area contributed by atoms with Crippen molar-refractivity contribution in [3.63, 3.8) is 0 Å². The molecule has 0 aliphatic heterocycles. The van der Waals surface area contributed by atoms with Gasteiger partial charge in [-0.1, -0.05) is 13.8 Å². The zero-order valence-electron chi connectivity index (χ0n) is 10.0. The molecule has 0 aliphatic carbocycles. The largest absolute Gasteiger partial charge is 0.417 e. The smallest absolute Gasteiger partial charge is 0.408 e. The third-order valence-electron chi connectivity index (χ3n) is 2.63. The number of hydrogen-bond donors (Lipinski definition) is 3. The summed E-state index contributed by atoms with van der Waals surface area (Å²) in [5.74, 6) is 0.180. The molecule has 5 heteroatoms. The zero-order valence-corrected chi connectivity index (χ0v) is 10.0. The number of hydrogen-bond acceptors (Lipinski definition) is 4. The van der Waals surface area contributed by atoms with Gasteiger partial charge in [-0.2, -0.15) is 0 Å². The number of aromatic nitrogens is 1. The van der Waals surface area contributed by atoms with Gasteiger partial charge in [0.05, 0.1) is 16.9 Å². The van der Waals surface area contributed by atoms with E-state index < -0.39 is 5.76 Å². The van der Waals surface area contributed by atoms with Crippen LogP contribution in [-0.4, -0.2) is 11.5 Å². The summed E-state index contributed by atoms with van der Waals surface area (Å²) < 4.78 is 4.93. The number of nitrogens with two attached hydrogens (primary N) is 1. The quantitative estimate of drug-likeness (QED) is 0.709.